The van der Waals surface area contributed by atoms with Gasteiger partial charge in [0.1, 0.15) is 0 Å². The van der Waals surface area contributed by atoms with Gasteiger partial charge in [0.15, 0.2) is 0 Å². The molecule has 1 aliphatic carbocycles. The van der Waals surface area contributed by atoms with Gasteiger partial charge in [0.2, 0.25) is 0 Å². The van der Waals surface area contributed by atoms with Crippen LogP contribution < -0.4 is 16.0 Å². The number of nitrogens with zero attached hydrogens (tertiary/aromatic N) is 1. The van der Waals surface area contributed by atoms with Gasteiger partial charge >= 0.3 is 12.1 Å². The summed E-state index contributed by atoms with van der Waals surface area (Å²) in [5.74, 6) is 0. The number of anilines is 2. The molecule has 3 N–H and O–H groups in total. The van der Waals surface area contributed by atoms with Crippen LogP contribution in [0.4, 0.5) is 21.0 Å². The molecule has 6 heteroatoms. The zero-order chi connectivity index (χ0) is 20.8. The Bertz CT molecular complexity index is 977. The first kappa shape index (κ1) is 19.3. The van der Waals surface area contributed by atoms with Crippen molar-refractivity contribution in [1.82, 2.24) is 10.2 Å². The number of hydrogen-bond acceptors (Lipinski definition) is 2. The molecule has 0 saturated carbocycles. The molecule has 0 spiro atoms. The molecular formula is C23H28N4O2. The first-order valence-electron chi connectivity index (χ1n) is 10.1. The lowest BCUT2D eigenvalue weighted by molar-refractivity contribution is 0.218. The number of carbonyl (C=O) groups is 2. The van der Waals surface area contributed by atoms with Gasteiger partial charge in [0.25, 0.3) is 0 Å². The van der Waals surface area contributed by atoms with Crippen molar-refractivity contribution in [2.45, 2.75) is 51.6 Å². The molecule has 0 saturated heterocycles. The van der Waals surface area contributed by atoms with Crippen LogP contribution in [0, 0.1) is 0 Å². The van der Waals surface area contributed by atoms with E-state index in [9.17, 15) is 9.59 Å². The second kappa shape index (κ2) is 7.10. The summed E-state index contributed by atoms with van der Waals surface area (Å²) in [7, 11) is 1.75. The minimum Gasteiger partial charge on any atom is -0.331 e. The summed E-state index contributed by atoms with van der Waals surface area (Å²) in [5, 5.41) is 8.83. The van der Waals surface area contributed by atoms with Crippen molar-refractivity contribution in [3.8, 4) is 0 Å². The number of urea groups is 2. The maximum atomic E-state index is 12.6. The monoisotopic (exact) mass is 392 g/mol. The number of nitrogens with one attached hydrogen (secondary N) is 3. The Morgan fingerprint density at radius 1 is 1.14 bits per heavy atom. The summed E-state index contributed by atoms with van der Waals surface area (Å²) in [6.07, 6.45) is 1.88. The highest BCUT2D eigenvalue weighted by molar-refractivity contribution is 5.95. The Morgan fingerprint density at radius 2 is 1.93 bits per heavy atom. The topological polar surface area (TPSA) is 73.5 Å². The molecule has 2 aliphatic rings. The third-order valence-corrected chi connectivity index (χ3v) is 5.76. The van der Waals surface area contributed by atoms with Crippen molar-refractivity contribution in [1.29, 1.82) is 0 Å². The zero-order valence-corrected chi connectivity index (χ0v) is 17.4. The van der Waals surface area contributed by atoms with Crippen molar-refractivity contribution in [3.05, 3.63) is 58.7 Å². The van der Waals surface area contributed by atoms with Crippen LogP contribution in [0.3, 0.4) is 0 Å². The van der Waals surface area contributed by atoms with E-state index in [1.54, 1.807) is 18.0 Å². The van der Waals surface area contributed by atoms with Crippen LogP contribution in [0.1, 0.15) is 55.5 Å². The maximum Gasteiger partial charge on any atom is 0.321 e. The van der Waals surface area contributed by atoms with E-state index in [4.69, 9.17) is 0 Å². The molecule has 0 fully saturated rings. The van der Waals surface area contributed by atoms with Gasteiger partial charge in [-0.3, -0.25) is 0 Å². The molecule has 2 aromatic carbocycles. The quantitative estimate of drug-likeness (QED) is 0.689. The summed E-state index contributed by atoms with van der Waals surface area (Å²) in [4.78, 5) is 26.0. The van der Waals surface area contributed by atoms with Gasteiger partial charge in [-0.15, -0.1) is 0 Å². The largest absolute Gasteiger partial charge is 0.331 e. The lowest BCUT2D eigenvalue weighted by Gasteiger charge is -2.26. The van der Waals surface area contributed by atoms with Crippen LogP contribution in [0.5, 0.6) is 0 Å². The standard InChI is InChI=1S/C23H28N4O2/c1-23(2,3)16-7-9-18-14(11-16)6-10-19(18)25-21(28)24-17-8-5-15-13-27(4)22(29)26-20(15)12-17/h5,7-9,11-12,19H,6,10,13H2,1-4H3,(H,26,29)(H2,24,25,28)/t19-/m1/s1. The molecule has 1 atom stereocenters. The number of fused-ring (bicyclic) bond motifs is 2. The Labute approximate surface area is 171 Å². The fraction of sp³-hybridized carbons (Fsp3) is 0.391. The molecule has 4 rings (SSSR count). The van der Waals surface area contributed by atoms with Crippen LogP contribution >= 0.6 is 0 Å². The number of carbonyl (C=O) groups excluding carboxylic acids is 2. The molecule has 1 heterocycles. The Morgan fingerprint density at radius 3 is 2.69 bits per heavy atom. The summed E-state index contributed by atoms with van der Waals surface area (Å²) >= 11 is 0. The lowest BCUT2D eigenvalue weighted by Crippen LogP contribution is -2.35. The number of aryl methyl sites for hydroxylation is 1. The lowest BCUT2D eigenvalue weighted by atomic mass is 9.85. The van der Waals surface area contributed by atoms with Crippen molar-refractivity contribution < 1.29 is 9.59 Å². The van der Waals surface area contributed by atoms with Gasteiger partial charge < -0.3 is 20.9 Å². The molecule has 152 valence electrons. The summed E-state index contributed by atoms with van der Waals surface area (Å²) in [6, 6.07) is 11.8. The smallest absolute Gasteiger partial charge is 0.321 e. The molecule has 0 unspecified atom stereocenters. The second-order valence-electron chi connectivity index (χ2n) is 9.01. The molecule has 6 nitrogen and oxygen atoms in total. The average Bonchev–Trinajstić information content (AvgIpc) is 3.04. The van der Waals surface area contributed by atoms with Gasteiger partial charge in [-0.05, 0) is 52.6 Å². The van der Waals surface area contributed by atoms with Crippen molar-refractivity contribution in [2.75, 3.05) is 17.7 Å². The van der Waals surface area contributed by atoms with Crippen LogP contribution in [0.15, 0.2) is 36.4 Å². The van der Waals surface area contributed by atoms with E-state index in [-0.39, 0.29) is 23.5 Å². The van der Waals surface area contributed by atoms with E-state index in [1.165, 1.54) is 16.7 Å². The average molecular weight is 393 g/mol. The second-order valence-corrected chi connectivity index (χ2v) is 9.01. The summed E-state index contributed by atoms with van der Waals surface area (Å²) in [6.45, 7) is 7.20. The molecule has 29 heavy (non-hydrogen) atoms. The Hall–Kier alpha value is -3.02. The predicted molar refractivity (Wildman–Crippen MR) is 115 cm³/mol. The van der Waals surface area contributed by atoms with Gasteiger partial charge in [-0.2, -0.15) is 0 Å². The number of hydrogen-bond donors (Lipinski definition) is 3. The number of rotatable bonds is 2. The molecule has 1 aliphatic heterocycles. The maximum absolute atomic E-state index is 12.6. The van der Waals surface area contributed by atoms with Gasteiger partial charge in [0, 0.05) is 25.0 Å². The van der Waals surface area contributed by atoms with Crippen molar-refractivity contribution in [3.63, 3.8) is 0 Å². The highest BCUT2D eigenvalue weighted by Crippen LogP contribution is 2.34. The minimum atomic E-state index is -0.234. The fourth-order valence-electron chi connectivity index (χ4n) is 4.01. The van der Waals surface area contributed by atoms with E-state index in [1.807, 2.05) is 12.1 Å². The fourth-order valence-corrected chi connectivity index (χ4v) is 4.01. The Balaban J connectivity index is 1.43. The van der Waals surface area contributed by atoms with Crippen molar-refractivity contribution in [2.24, 2.45) is 0 Å². The predicted octanol–water partition coefficient (Wildman–Crippen LogP) is 4.77. The molecule has 4 amide bonds. The number of benzene rings is 2. The molecular weight excluding hydrogens is 364 g/mol. The Kier molecular flexibility index (Phi) is 4.73. The zero-order valence-electron chi connectivity index (χ0n) is 17.4. The van der Waals surface area contributed by atoms with Crippen molar-refractivity contribution >= 4 is 23.4 Å². The van der Waals surface area contributed by atoms with E-state index in [2.05, 4.69) is 54.9 Å². The van der Waals surface area contributed by atoms with E-state index in [0.29, 0.717) is 12.2 Å². The van der Waals surface area contributed by atoms with E-state index >= 15 is 0 Å². The first-order chi connectivity index (χ1) is 13.7. The van der Waals surface area contributed by atoms with Gasteiger partial charge in [0.05, 0.1) is 6.04 Å². The van der Waals surface area contributed by atoms with E-state index in [0.717, 1.165) is 24.1 Å². The molecule has 0 aromatic heterocycles. The summed E-state index contributed by atoms with van der Waals surface area (Å²) < 4.78 is 0. The first-order valence-corrected chi connectivity index (χ1v) is 10.1. The highest BCUT2D eigenvalue weighted by Gasteiger charge is 2.26. The van der Waals surface area contributed by atoms with Gasteiger partial charge in [-0.1, -0.05) is 45.0 Å². The molecule has 2 aromatic rings. The third-order valence-electron chi connectivity index (χ3n) is 5.76. The normalized spacial score (nSPS) is 18.0. The van der Waals surface area contributed by atoms with Crippen LogP contribution in [0.25, 0.3) is 0 Å². The highest BCUT2D eigenvalue weighted by atomic mass is 16.2. The molecule has 0 bridgehead atoms. The third kappa shape index (κ3) is 3.92. The van der Waals surface area contributed by atoms with Crippen LogP contribution in [-0.2, 0) is 18.4 Å². The van der Waals surface area contributed by atoms with Crippen LogP contribution in [-0.4, -0.2) is 24.0 Å². The molecule has 0 radical (unpaired) electrons. The van der Waals surface area contributed by atoms with Crippen LogP contribution in [0.2, 0.25) is 0 Å². The summed E-state index contributed by atoms with van der Waals surface area (Å²) in [5.41, 5.74) is 6.39. The van der Waals surface area contributed by atoms with Gasteiger partial charge in [-0.25, -0.2) is 9.59 Å². The van der Waals surface area contributed by atoms with E-state index < -0.39 is 0 Å². The number of amides is 4. The minimum absolute atomic E-state index is 0.0185. The SMILES string of the molecule is CN1Cc2ccc(NC(=O)N[C@@H]3CCc4cc(C(C)(C)C)ccc43)cc2NC1=O.